The van der Waals surface area contributed by atoms with Crippen LogP contribution in [0.3, 0.4) is 0 Å². The number of benzene rings is 3. The van der Waals surface area contributed by atoms with Crippen LogP contribution >= 0.6 is 0 Å². The molecular weight excluding hydrogens is 448 g/mol. The fraction of sp³-hybridized carbons (Fsp3) is 0.0400. The molecule has 0 aliphatic rings. The molecule has 3 aromatic carbocycles. The summed E-state index contributed by atoms with van der Waals surface area (Å²) in [5.74, 6) is -1.18. The first-order valence-corrected chi connectivity index (χ1v) is 10.1. The number of amides is 1. The van der Waals surface area contributed by atoms with Crippen molar-refractivity contribution in [3.8, 4) is 11.3 Å². The summed E-state index contributed by atoms with van der Waals surface area (Å²) in [7, 11) is 0. The average molecular weight is 466 g/mol. The maximum Gasteiger partial charge on any atom is 0.416 e. The lowest BCUT2D eigenvalue weighted by molar-refractivity contribution is -0.137. The zero-order valence-corrected chi connectivity index (χ0v) is 17.5. The molecule has 0 saturated carbocycles. The Morgan fingerprint density at radius 3 is 2.29 bits per heavy atom. The molecule has 0 spiro atoms. The van der Waals surface area contributed by atoms with Gasteiger partial charge in [0.25, 0.3) is 5.91 Å². The molecule has 1 heterocycles. The minimum absolute atomic E-state index is 0.0171. The molecule has 1 aromatic heterocycles. The molecule has 0 bridgehead atoms. The van der Waals surface area contributed by atoms with Crippen molar-refractivity contribution >= 4 is 28.7 Å². The summed E-state index contributed by atoms with van der Waals surface area (Å²) in [6, 6.07) is 20.8. The van der Waals surface area contributed by atoms with Crippen LogP contribution in [0.25, 0.3) is 11.3 Å². The molecule has 9 heteroatoms. The Morgan fingerprint density at radius 1 is 0.853 bits per heavy atom. The highest BCUT2D eigenvalue weighted by atomic mass is 19.4. The fourth-order valence-corrected chi connectivity index (χ4v) is 3.23. The summed E-state index contributed by atoms with van der Waals surface area (Å²) in [6.45, 7) is 0. The molecule has 0 fully saturated rings. The first-order valence-electron chi connectivity index (χ1n) is 10.1. The Morgan fingerprint density at radius 2 is 1.59 bits per heavy atom. The third kappa shape index (κ3) is 5.32. The largest absolute Gasteiger partial charge is 0.416 e. The van der Waals surface area contributed by atoms with Gasteiger partial charge in [-0.05, 0) is 60.7 Å². The highest BCUT2D eigenvalue weighted by Gasteiger charge is 2.31. The number of rotatable bonds is 5. The molecule has 0 unspecified atom stereocenters. The minimum Gasteiger partial charge on any atom is -0.397 e. The number of hydrogen-bond donors (Lipinski definition) is 3. The highest BCUT2D eigenvalue weighted by Crippen LogP contribution is 2.33. The van der Waals surface area contributed by atoms with Gasteiger partial charge in [0.2, 0.25) is 5.95 Å². The summed E-state index contributed by atoms with van der Waals surface area (Å²) >= 11 is 0. The van der Waals surface area contributed by atoms with Gasteiger partial charge in [-0.3, -0.25) is 4.79 Å². The van der Waals surface area contributed by atoms with E-state index in [0.717, 1.165) is 23.8 Å². The van der Waals surface area contributed by atoms with Crippen molar-refractivity contribution in [1.29, 1.82) is 0 Å². The van der Waals surface area contributed by atoms with Gasteiger partial charge < -0.3 is 16.4 Å². The number of anilines is 4. The van der Waals surface area contributed by atoms with Crippen LogP contribution in [-0.4, -0.2) is 10.9 Å². The van der Waals surface area contributed by atoms with Crippen LogP contribution in [0.1, 0.15) is 15.9 Å². The molecule has 5 nitrogen and oxygen atoms in total. The van der Waals surface area contributed by atoms with Gasteiger partial charge in [0.05, 0.1) is 22.6 Å². The van der Waals surface area contributed by atoms with Gasteiger partial charge in [-0.15, -0.1) is 0 Å². The van der Waals surface area contributed by atoms with E-state index in [1.54, 1.807) is 54.6 Å². The van der Waals surface area contributed by atoms with Crippen LogP contribution < -0.4 is 16.4 Å². The number of carbonyl (C=O) groups is 1. The summed E-state index contributed by atoms with van der Waals surface area (Å²) < 4.78 is 52.3. The summed E-state index contributed by atoms with van der Waals surface area (Å²) in [4.78, 5) is 16.5. The molecule has 172 valence electrons. The Bertz CT molecular complexity index is 1340. The molecule has 4 rings (SSSR count). The van der Waals surface area contributed by atoms with Crippen molar-refractivity contribution in [1.82, 2.24) is 4.98 Å². The van der Waals surface area contributed by atoms with E-state index in [2.05, 4.69) is 15.6 Å². The van der Waals surface area contributed by atoms with Gasteiger partial charge in [0.15, 0.2) is 0 Å². The lowest BCUT2D eigenvalue weighted by Gasteiger charge is -2.13. The summed E-state index contributed by atoms with van der Waals surface area (Å²) in [5, 5.41) is 5.58. The van der Waals surface area contributed by atoms with Crippen molar-refractivity contribution in [3.05, 3.63) is 102 Å². The van der Waals surface area contributed by atoms with Gasteiger partial charge in [-0.2, -0.15) is 17.6 Å². The van der Waals surface area contributed by atoms with Gasteiger partial charge in [0, 0.05) is 22.5 Å². The molecule has 1 amide bonds. The lowest BCUT2D eigenvalue weighted by atomic mass is 10.1. The van der Waals surface area contributed by atoms with Crippen molar-refractivity contribution in [2.45, 2.75) is 6.18 Å². The predicted molar refractivity (Wildman–Crippen MR) is 123 cm³/mol. The van der Waals surface area contributed by atoms with E-state index in [1.807, 2.05) is 0 Å². The minimum atomic E-state index is -4.56. The first-order chi connectivity index (χ1) is 16.2. The van der Waals surface area contributed by atoms with Crippen molar-refractivity contribution in [2.24, 2.45) is 0 Å². The number of nitrogen functional groups attached to an aromatic ring is 1. The number of hydrogen-bond acceptors (Lipinski definition) is 4. The Balaban J connectivity index is 1.48. The van der Waals surface area contributed by atoms with E-state index in [9.17, 15) is 22.4 Å². The zero-order valence-electron chi connectivity index (χ0n) is 17.5. The van der Waals surface area contributed by atoms with Crippen molar-refractivity contribution in [3.63, 3.8) is 0 Å². The van der Waals surface area contributed by atoms with Crippen LogP contribution in [0.4, 0.5) is 40.3 Å². The molecule has 0 aliphatic carbocycles. The van der Waals surface area contributed by atoms with E-state index in [-0.39, 0.29) is 16.9 Å². The van der Waals surface area contributed by atoms with Crippen LogP contribution in [0.2, 0.25) is 0 Å². The Hall–Kier alpha value is -4.40. The van der Waals surface area contributed by atoms with Crippen LogP contribution in [0.5, 0.6) is 0 Å². The fourth-order valence-electron chi connectivity index (χ4n) is 3.23. The second kappa shape index (κ2) is 9.22. The van der Waals surface area contributed by atoms with E-state index in [1.165, 1.54) is 12.1 Å². The number of pyridine rings is 1. The Labute approximate surface area is 192 Å². The maximum absolute atomic E-state index is 13.3. The van der Waals surface area contributed by atoms with Gasteiger partial charge in [-0.25, -0.2) is 4.98 Å². The van der Waals surface area contributed by atoms with Crippen LogP contribution in [0, 0.1) is 5.95 Å². The average Bonchev–Trinajstić information content (AvgIpc) is 2.80. The number of nitrogens with one attached hydrogen (secondary N) is 2. The van der Waals surface area contributed by atoms with Crippen molar-refractivity contribution < 1.29 is 22.4 Å². The highest BCUT2D eigenvalue weighted by molar-refractivity contribution is 6.06. The molecule has 4 aromatic rings. The molecule has 0 radical (unpaired) electrons. The van der Waals surface area contributed by atoms with E-state index >= 15 is 0 Å². The number of halogens is 4. The van der Waals surface area contributed by atoms with Gasteiger partial charge >= 0.3 is 6.18 Å². The SMILES string of the molecule is Nc1ccc(C(F)(F)F)cc1NC(=O)c1cccc(Nc2ccc(-c3cccc(F)n3)cc2)c1. The maximum atomic E-state index is 13.3. The van der Waals surface area contributed by atoms with Crippen LogP contribution in [0.15, 0.2) is 84.9 Å². The van der Waals surface area contributed by atoms with E-state index < -0.39 is 23.6 Å². The summed E-state index contributed by atoms with van der Waals surface area (Å²) in [5.41, 5.74) is 7.46. The number of alkyl halides is 3. The second-order valence-corrected chi connectivity index (χ2v) is 7.38. The quantitative estimate of drug-likeness (QED) is 0.179. The zero-order chi connectivity index (χ0) is 24.3. The van der Waals surface area contributed by atoms with Crippen molar-refractivity contribution in [2.75, 3.05) is 16.4 Å². The van der Waals surface area contributed by atoms with Crippen LogP contribution in [-0.2, 0) is 6.18 Å². The number of nitrogens with zero attached hydrogens (tertiary/aromatic N) is 1. The number of nitrogens with two attached hydrogens (primary N) is 1. The predicted octanol–water partition coefficient (Wildman–Crippen LogP) is 6.48. The Kier molecular flexibility index (Phi) is 6.18. The number of carbonyl (C=O) groups excluding carboxylic acids is 1. The van der Waals surface area contributed by atoms with Gasteiger partial charge in [0.1, 0.15) is 0 Å². The molecule has 4 N–H and O–H groups in total. The molecule has 0 atom stereocenters. The van der Waals surface area contributed by atoms with E-state index in [0.29, 0.717) is 17.1 Å². The first kappa shape index (κ1) is 22.8. The smallest absolute Gasteiger partial charge is 0.397 e. The molecular formula is C25H18F4N4O. The molecule has 0 aliphatic heterocycles. The lowest BCUT2D eigenvalue weighted by Crippen LogP contribution is -2.15. The summed E-state index contributed by atoms with van der Waals surface area (Å²) in [6.07, 6.45) is -4.56. The second-order valence-electron chi connectivity index (χ2n) is 7.38. The topological polar surface area (TPSA) is 80.0 Å². The third-order valence-corrected chi connectivity index (χ3v) is 4.94. The standard InChI is InChI=1S/C25H18F4N4O/c26-23-6-2-5-21(32-23)15-7-10-18(11-8-15)31-19-4-1-3-16(13-19)24(34)33-22-14-17(25(27,28)29)9-12-20(22)30/h1-14,31H,30H2,(H,33,34). The monoisotopic (exact) mass is 466 g/mol. The normalized spacial score (nSPS) is 11.2. The molecule has 34 heavy (non-hydrogen) atoms. The number of aromatic nitrogens is 1. The third-order valence-electron chi connectivity index (χ3n) is 4.94. The van der Waals surface area contributed by atoms with Gasteiger partial charge in [-0.1, -0.05) is 24.3 Å². The molecule has 0 saturated heterocycles. The van der Waals surface area contributed by atoms with E-state index in [4.69, 9.17) is 5.73 Å².